The van der Waals surface area contributed by atoms with Gasteiger partial charge >= 0.3 is 5.91 Å². The van der Waals surface area contributed by atoms with Crippen LogP contribution in [0, 0.1) is 0 Å². The summed E-state index contributed by atoms with van der Waals surface area (Å²) in [6.45, 7) is -0.236. The van der Waals surface area contributed by atoms with Crippen molar-refractivity contribution in [2.75, 3.05) is 0 Å². The molecule has 3 N–H and O–H groups in total. The molecule has 1 amide bonds. The number of carbonyl (C=O) groups excluding carboxylic acids is 1. The van der Waals surface area contributed by atoms with Crippen LogP contribution in [-0.2, 0) is 6.61 Å². The van der Waals surface area contributed by atoms with E-state index in [1.54, 1.807) is 0 Å². The van der Waals surface area contributed by atoms with Crippen molar-refractivity contribution in [3.05, 3.63) is 29.6 Å². The van der Waals surface area contributed by atoms with Crippen molar-refractivity contribution < 1.29 is 20.3 Å². The normalized spacial score (nSPS) is 9.77. The standard InChI is InChI=1S/C7H8N2O4/c10-4-5-1-2-8-6(3-5)7(11)9(12)13/h1-3,10,12-13H,4H2. The Bertz CT molecular complexity index is 313. The van der Waals surface area contributed by atoms with Crippen LogP contribution in [0.25, 0.3) is 0 Å². The number of amides is 1. The Labute approximate surface area is 73.6 Å². The summed E-state index contributed by atoms with van der Waals surface area (Å²) < 4.78 is 0. The van der Waals surface area contributed by atoms with E-state index in [1.807, 2.05) is 0 Å². The summed E-state index contributed by atoms with van der Waals surface area (Å²) in [7, 11) is 0. The van der Waals surface area contributed by atoms with E-state index in [1.165, 1.54) is 18.3 Å². The highest BCUT2D eigenvalue weighted by Crippen LogP contribution is 2.03. The molecule has 0 atom stereocenters. The van der Waals surface area contributed by atoms with Crippen molar-refractivity contribution in [3.8, 4) is 0 Å². The van der Waals surface area contributed by atoms with Crippen LogP contribution >= 0.6 is 0 Å². The van der Waals surface area contributed by atoms with Crippen molar-refractivity contribution >= 4 is 5.91 Å². The molecule has 1 heterocycles. The summed E-state index contributed by atoms with van der Waals surface area (Å²) >= 11 is 0. The van der Waals surface area contributed by atoms with Crippen LogP contribution in [0.3, 0.4) is 0 Å². The second kappa shape index (κ2) is 3.94. The van der Waals surface area contributed by atoms with Crippen molar-refractivity contribution in [1.29, 1.82) is 0 Å². The van der Waals surface area contributed by atoms with Gasteiger partial charge < -0.3 is 5.11 Å². The van der Waals surface area contributed by atoms with Crippen LogP contribution in [-0.4, -0.2) is 31.6 Å². The number of hydrogen-bond acceptors (Lipinski definition) is 5. The largest absolute Gasteiger partial charge is 0.392 e. The molecular weight excluding hydrogens is 176 g/mol. The van der Waals surface area contributed by atoms with Crippen LogP contribution in [0.4, 0.5) is 0 Å². The summed E-state index contributed by atoms with van der Waals surface area (Å²) in [4.78, 5) is 14.5. The van der Waals surface area contributed by atoms with Crippen LogP contribution in [0.15, 0.2) is 18.3 Å². The third-order valence-electron chi connectivity index (χ3n) is 1.41. The van der Waals surface area contributed by atoms with Crippen molar-refractivity contribution in [2.45, 2.75) is 6.61 Å². The van der Waals surface area contributed by atoms with E-state index in [0.717, 1.165) is 0 Å². The molecule has 1 aromatic heterocycles. The van der Waals surface area contributed by atoms with Gasteiger partial charge in [0.2, 0.25) is 0 Å². The quantitative estimate of drug-likeness (QED) is 0.437. The molecule has 1 rings (SSSR count). The van der Waals surface area contributed by atoms with Crippen molar-refractivity contribution in [1.82, 2.24) is 10.2 Å². The number of nitrogens with zero attached hydrogens (tertiary/aromatic N) is 2. The maximum atomic E-state index is 10.9. The van der Waals surface area contributed by atoms with Crippen LogP contribution < -0.4 is 0 Å². The first-order valence-corrected chi connectivity index (χ1v) is 3.43. The number of carbonyl (C=O) groups is 1. The molecule has 0 saturated carbocycles. The number of pyridine rings is 1. The molecule has 13 heavy (non-hydrogen) atoms. The summed E-state index contributed by atoms with van der Waals surface area (Å²) in [6.07, 6.45) is 1.29. The fourth-order valence-electron chi connectivity index (χ4n) is 0.792. The molecule has 6 nitrogen and oxygen atoms in total. The lowest BCUT2D eigenvalue weighted by atomic mass is 10.2. The number of hydrogen-bond donors (Lipinski definition) is 3. The highest BCUT2D eigenvalue weighted by Gasteiger charge is 2.12. The van der Waals surface area contributed by atoms with Gasteiger partial charge in [0.05, 0.1) is 6.61 Å². The second-order valence-corrected chi connectivity index (χ2v) is 2.30. The topological polar surface area (TPSA) is 93.9 Å². The zero-order chi connectivity index (χ0) is 9.84. The minimum atomic E-state index is -1.05. The second-order valence-electron chi connectivity index (χ2n) is 2.30. The lowest BCUT2D eigenvalue weighted by molar-refractivity contribution is -0.260. The van der Waals surface area contributed by atoms with Crippen LogP contribution in [0.2, 0.25) is 0 Å². The Balaban J connectivity index is 2.95. The third kappa shape index (κ3) is 2.22. The van der Waals surface area contributed by atoms with E-state index < -0.39 is 11.1 Å². The minimum absolute atomic E-state index is 0.142. The van der Waals surface area contributed by atoms with Gasteiger partial charge in [-0.25, -0.2) is 0 Å². The van der Waals surface area contributed by atoms with E-state index in [0.29, 0.717) is 5.56 Å². The highest BCUT2D eigenvalue weighted by atomic mass is 16.8. The van der Waals surface area contributed by atoms with Gasteiger partial charge in [0, 0.05) is 6.20 Å². The van der Waals surface area contributed by atoms with E-state index in [4.69, 9.17) is 15.5 Å². The monoisotopic (exact) mass is 184 g/mol. The molecule has 0 unspecified atom stereocenters. The molecule has 0 aliphatic heterocycles. The molecule has 0 radical (unpaired) electrons. The molecule has 6 heteroatoms. The molecule has 0 aliphatic rings. The van der Waals surface area contributed by atoms with Gasteiger partial charge in [-0.2, -0.15) is 0 Å². The number of aliphatic hydroxyl groups excluding tert-OH is 1. The van der Waals surface area contributed by atoms with Crippen molar-refractivity contribution in [3.63, 3.8) is 0 Å². The van der Waals surface area contributed by atoms with Gasteiger partial charge in [-0.05, 0) is 17.7 Å². The lowest BCUT2D eigenvalue weighted by Gasteiger charge is -2.05. The molecule has 0 saturated heterocycles. The molecule has 70 valence electrons. The zero-order valence-electron chi connectivity index (χ0n) is 6.58. The first-order valence-electron chi connectivity index (χ1n) is 3.43. The summed E-state index contributed by atoms with van der Waals surface area (Å²) in [5, 5.41) is 24.9. The average molecular weight is 184 g/mol. The molecule has 0 aromatic carbocycles. The van der Waals surface area contributed by atoms with E-state index >= 15 is 0 Å². The smallest absolute Gasteiger partial charge is 0.321 e. The Morgan fingerprint density at radius 2 is 2.23 bits per heavy atom. The first kappa shape index (κ1) is 9.59. The maximum absolute atomic E-state index is 10.9. The lowest BCUT2D eigenvalue weighted by Crippen LogP contribution is -2.24. The van der Waals surface area contributed by atoms with Crippen LogP contribution in [0.5, 0.6) is 0 Å². The fourth-order valence-corrected chi connectivity index (χ4v) is 0.792. The fraction of sp³-hybridized carbons (Fsp3) is 0.143. The van der Waals surface area contributed by atoms with Crippen LogP contribution in [0.1, 0.15) is 16.1 Å². The van der Waals surface area contributed by atoms with E-state index in [2.05, 4.69) is 4.98 Å². The van der Waals surface area contributed by atoms with Gasteiger partial charge in [-0.1, -0.05) is 5.23 Å². The average Bonchev–Trinajstić information content (AvgIpc) is 2.16. The summed E-state index contributed by atoms with van der Waals surface area (Å²) in [5.41, 5.74) is 0.330. The Kier molecular flexibility index (Phi) is 2.91. The summed E-state index contributed by atoms with van der Waals surface area (Å²) in [5.74, 6) is -1.05. The molecule has 1 aromatic rings. The Morgan fingerprint density at radius 1 is 1.54 bits per heavy atom. The molecule has 0 spiro atoms. The first-order chi connectivity index (χ1) is 6.15. The minimum Gasteiger partial charge on any atom is -0.392 e. The van der Waals surface area contributed by atoms with E-state index in [9.17, 15) is 4.79 Å². The van der Waals surface area contributed by atoms with Crippen molar-refractivity contribution in [2.24, 2.45) is 0 Å². The molecular formula is C7H8N2O4. The van der Waals surface area contributed by atoms with Gasteiger partial charge in [-0.3, -0.25) is 20.2 Å². The summed E-state index contributed by atoms with van der Waals surface area (Å²) in [6, 6.07) is 2.78. The molecule has 0 bridgehead atoms. The molecule has 0 aliphatic carbocycles. The predicted octanol–water partition coefficient (Wildman–Crippen LogP) is -0.205. The zero-order valence-corrected chi connectivity index (χ0v) is 6.58. The maximum Gasteiger partial charge on any atom is 0.321 e. The SMILES string of the molecule is O=C(c1cc(CO)ccn1)N(O)O. The van der Waals surface area contributed by atoms with Gasteiger partial charge in [0.25, 0.3) is 0 Å². The Morgan fingerprint density at radius 3 is 2.77 bits per heavy atom. The predicted molar refractivity (Wildman–Crippen MR) is 39.9 cm³/mol. The van der Waals surface area contributed by atoms with Gasteiger partial charge in [-0.15, -0.1) is 0 Å². The highest BCUT2D eigenvalue weighted by molar-refractivity contribution is 5.90. The van der Waals surface area contributed by atoms with Gasteiger partial charge in [0.15, 0.2) is 0 Å². The number of aliphatic hydroxyl groups is 1. The number of hydroxylamine groups is 2. The van der Waals surface area contributed by atoms with E-state index in [-0.39, 0.29) is 12.3 Å². The number of aromatic nitrogens is 1. The van der Waals surface area contributed by atoms with Gasteiger partial charge in [0.1, 0.15) is 5.69 Å². The Hall–Kier alpha value is -1.50. The molecule has 0 fully saturated rings. The number of rotatable bonds is 2. The third-order valence-corrected chi connectivity index (χ3v) is 1.41.